The van der Waals surface area contributed by atoms with E-state index in [1.807, 2.05) is 51.1 Å². The summed E-state index contributed by atoms with van der Waals surface area (Å²) in [6, 6.07) is 11.5. The number of anilines is 1. The predicted molar refractivity (Wildman–Crippen MR) is 118 cm³/mol. The van der Waals surface area contributed by atoms with Gasteiger partial charge in [0.2, 0.25) is 0 Å². The quantitative estimate of drug-likeness (QED) is 0.432. The Labute approximate surface area is 179 Å². The number of fused-ring (bicyclic) bond motifs is 1. The normalized spacial score (nSPS) is 11.2. The van der Waals surface area contributed by atoms with Gasteiger partial charge in [-0.1, -0.05) is 23.5 Å². The van der Waals surface area contributed by atoms with E-state index in [0.29, 0.717) is 24.0 Å². The third-order valence-electron chi connectivity index (χ3n) is 4.59. The molecule has 0 bridgehead atoms. The van der Waals surface area contributed by atoms with Crippen molar-refractivity contribution in [3.8, 4) is 5.75 Å². The van der Waals surface area contributed by atoms with E-state index in [1.54, 1.807) is 34.2 Å². The number of hydrogen-bond acceptors (Lipinski definition) is 6. The monoisotopic (exact) mass is 421 g/mol. The van der Waals surface area contributed by atoms with E-state index in [2.05, 4.69) is 10.1 Å². The largest absolute Gasteiger partial charge is 0.492 e. The van der Waals surface area contributed by atoms with E-state index in [0.717, 1.165) is 21.5 Å². The fourth-order valence-electron chi connectivity index (χ4n) is 3.23. The molecule has 4 rings (SSSR count). The van der Waals surface area contributed by atoms with Gasteiger partial charge in [0.15, 0.2) is 5.13 Å². The number of pyridine rings is 1. The minimum absolute atomic E-state index is 0.0686. The number of hydrogen-bond donors (Lipinski definition) is 0. The predicted octanol–water partition coefficient (Wildman–Crippen LogP) is 4.71. The molecule has 0 N–H and O–H groups in total. The van der Waals surface area contributed by atoms with Crippen LogP contribution in [0.25, 0.3) is 10.2 Å². The molecule has 0 aliphatic heterocycles. The van der Waals surface area contributed by atoms with E-state index in [1.165, 1.54) is 11.3 Å². The molecule has 7 nitrogen and oxygen atoms in total. The van der Waals surface area contributed by atoms with Crippen LogP contribution in [-0.4, -0.2) is 32.3 Å². The van der Waals surface area contributed by atoms with E-state index < -0.39 is 0 Å². The zero-order valence-corrected chi connectivity index (χ0v) is 18.0. The Hall–Kier alpha value is -3.26. The van der Waals surface area contributed by atoms with Crippen LogP contribution in [0.1, 0.15) is 42.9 Å². The number of thiazole rings is 1. The van der Waals surface area contributed by atoms with Crippen molar-refractivity contribution in [2.75, 3.05) is 11.5 Å². The molecule has 3 aromatic heterocycles. The molecule has 0 radical (unpaired) electrons. The zero-order chi connectivity index (χ0) is 21.1. The number of ether oxygens (including phenoxy) is 1. The van der Waals surface area contributed by atoms with Crippen LogP contribution in [0, 0.1) is 0 Å². The number of para-hydroxylation sites is 1. The van der Waals surface area contributed by atoms with Crippen molar-refractivity contribution in [3.05, 3.63) is 66.2 Å². The van der Waals surface area contributed by atoms with Crippen LogP contribution in [-0.2, 0) is 6.54 Å². The molecule has 0 unspecified atom stereocenters. The van der Waals surface area contributed by atoms with E-state index >= 15 is 0 Å². The highest BCUT2D eigenvalue weighted by Gasteiger charge is 2.26. The van der Waals surface area contributed by atoms with Gasteiger partial charge < -0.3 is 4.74 Å². The SMILES string of the molecule is CCOc1cccc2sc(N(Cc3cccnc3)C(=O)c3ccnn3C(C)C)nc12. The van der Waals surface area contributed by atoms with Crippen molar-refractivity contribution in [2.45, 2.75) is 33.4 Å². The van der Waals surface area contributed by atoms with E-state index in [9.17, 15) is 4.79 Å². The summed E-state index contributed by atoms with van der Waals surface area (Å²) in [7, 11) is 0. The maximum absolute atomic E-state index is 13.6. The lowest BCUT2D eigenvalue weighted by atomic mass is 10.2. The highest BCUT2D eigenvalue weighted by atomic mass is 32.1. The molecular formula is C22H23N5O2S. The minimum atomic E-state index is -0.151. The van der Waals surface area contributed by atoms with Crippen molar-refractivity contribution >= 4 is 32.6 Å². The molecule has 154 valence electrons. The molecule has 8 heteroatoms. The highest BCUT2D eigenvalue weighted by Crippen LogP contribution is 2.35. The molecule has 30 heavy (non-hydrogen) atoms. The second-order valence-corrected chi connectivity index (χ2v) is 8.05. The summed E-state index contributed by atoms with van der Waals surface area (Å²) in [6.45, 7) is 6.86. The average molecular weight is 422 g/mol. The third-order valence-corrected chi connectivity index (χ3v) is 5.63. The topological polar surface area (TPSA) is 73.1 Å². The summed E-state index contributed by atoms with van der Waals surface area (Å²) < 4.78 is 8.43. The molecule has 0 saturated carbocycles. The van der Waals surface area contributed by atoms with Crippen molar-refractivity contribution in [1.29, 1.82) is 0 Å². The van der Waals surface area contributed by atoms with Crippen LogP contribution in [0.3, 0.4) is 0 Å². The second-order valence-electron chi connectivity index (χ2n) is 7.04. The molecule has 0 atom stereocenters. The molecule has 4 aromatic rings. The van der Waals surface area contributed by atoms with Gasteiger partial charge in [0, 0.05) is 24.6 Å². The average Bonchev–Trinajstić information content (AvgIpc) is 3.40. The van der Waals surface area contributed by atoms with Crippen LogP contribution in [0.15, 0.2) is 55.0 Å². The maximum Gasteiger partial charge on any atom is 0.278 e. The van der Waals surface area contributed by atoms with E-state index in [4.69, 9.17) is 9.72 Å². The van der Waals surface area contributed by atoms with Crippen LogP contribution in [0.4, 0.5) is 5.13 Å². The summed E-state index contributed by atoms with van der Waals surface area (Å²) in [5, 5.41) is 4.93. The summed E-state index contributed by atoms with van der Waals surface area (Å²) in [5.74, 6) is 0.570. The number of carbonyl (C=O) groups excluding carboxylic acids is 1. The standard InChI is InChI=1S/C22H23N5O2S/c1-4-29-18-8-5-9-19-20(18)25-22(30-19)26(14-16-7-6-11-23-13-16)21(28)17-10-12-24-27(17)15(2)3/h5-13,15H,4,14H2,1-3H3. The van der Waals surface area contributed by atoms with Crippen molar-refractivity contribution in [3.63, 3.8) is 0 Å². The van der Waals surface area contributed by atoms with Crippen molar-refractivity contribution in [1.82, 2.24) is 19.7 Å². The van der Waals surface area contributed by atoms with Gasteiger partial charge in [-0.3, -0.25) is 19.4 Å². The fourth-order valence-corrected chi connectivity index (χ4v) is 4.21. The Morgan fingerprint density at radius 2 is 2.07 bits per heavy atom. The second kappa shape index (κ2) is 8.62. The fraction of sp³-hybridized carbons (Fsp3) is 0.273. The number of amides is 1. The smallest absolute Gasteiger partial charge is 0.278 e. The number of rotatable bonds is 7. The summed E-state index contributed by atoms with van der Waals surface area (Å²) >= 11 is 1.47. The summed E-state index contributed by atoms with van der Waals surface area (Å²) in [5.41, 5.74) is 2.21. The molecule has 0 aliphatic rings. The molecule has 0 aliphatic carbocycles. The zero-order valence-electron chi connectivity index (χ0n) is 17.1. The Kier molecular flexibility index (Phi) is 5.76. The first-order valence-electron chi connectivity index (χ1n) is 9.85. The van der Waals surface area contributed by atoms with Gasteiger partial charge in [0.1, 0.15) is 17.0 Å². The third kappa shape index (κ3) is 3.91. The Morgan fingerprint density at radius 1 is 1.20 bits per heavy atom. The summed E-state index contributed by atoms with van der Waals surface area (Å²) in [4.78, 5) is 24.3. The molecule has 0 fully saturated rings. The number of benzene rings is 1. The van der Waals surface area contributed by atoms with Gasteiger partial charge >= 0.3 is 0 Å². The Morgan fingerprint density at radius 3 is 2.80 bits per heavy atom. The Bertz CT molecular complexity index is 1150. The lowest BCUT2D eigenvalue weighted by molar-refractivity contribution is 0.0973. The first kappa shape index (κ1) is 20.0. The molecule has 0 spiro atoms. The van der Waals surface area contributed by atoms with Crippen LogP contribution >= 0.6 is 11.3 Å². The molecular weight excluding hydrogens is 398 g/mol. The lowest BCUT2D eigenvalue weighted by Crippen LogP contribution is -2.32. The van der Waals surface area contributed by atoms with E-state index in [-0.39, 0.29) is 11.9 Å². The lowest BCUT2D eigenvalue weighted by Gasteiger charge is -2.21. The summed E-state index contributed by atoms with van der Waals surface area (Å²) in [6.07, 6.45) is 5.13. The number of aromatic nitrogens is 4. The maximum atomic E-state index is 13.6. The van der Waals surface area contributed by atoms with Gasteiger partial charge in [-0.05, 0) is 50.6 Å². The van der Waals surface area contributed by atoms with Gasteiger partial charge in [-0.25, -0.2) is 4.98 Å². The Balaban J connectivity index is 1.79. The first-order chi connectivity index (χ1) is 14.6. The van der Waals surface area contributed by atoms with Crippen LogP contribution in [0.5, 0.6) is 5.75 Å². The first-order valence-corrected chi connectivity index (χ1v) is 10.7. The van der Waals surface area contributed by atoms with Gasteiger partial charge in [-0.2, -0.15) is 5.10 Å². The molecule has 3 heterocycles. The molecule has 0 saturated heterocycles. The van der Waals surface area contributed by atoms with Gasteiger partial charge in [0.05, 0.1) is 17.9 Å². The molecule has 1 amide bonds. The number of nitrogens with zero attached hydrogens (tertiary/aromatic N) is 5. The van der Waals surface area contributed by atoms with Crippen LogP contribution in [0.2, 0.25) is 0 Å². The van der Waals surface area contributed by atoms with Gasteiger partial charge in [0.25, 0.3) is 5.91 Å². The minimum Gasteiger partial charge on any atom is -0.492 e. The van der Waals surface area contributed by atoms with Gasteiger partial charge in [-0.15, -0.1) is 0 Å². The van der Waals surface area contributed by atoms with Crippen molar-refractivity contribution in [2.24, 2.45) is 0 Å². The number of carbonyl (C=O) groups is 1. The van der Waals surface area contributed by atoms with Crippen LogP contribution < -0.4 is 9.64 Å². The van der Waals surface area contributed by atoms with Crippen molar-refractivity contribution < 1.29 is 9.53 Å². The molecule has 1 aromatic carbocycles. The highest BCUT2D eigenvalue weighted by molar-refractivity contribution is 7.22.